The van der Waals surface area contributed by atoms with Gasteiger partial charge in [-0.25, -0.2) is 9.59 Å². The lowest BCUT2D eigenvalue weighted by Gasteiger charge is -2.37. The molecule has 0 radical (unpaired) electrons. The van der Waals surface area contributed by atoms with Crippen molar-refractivity contribution in [3.8, 4) is 6.07 Å². The highest BCUT2D eigenvalue weighted by Gasteiger charge is 2.44. The number of ether oxygens (including phenoxy) is 2. The van der Waals surface area contributed by atoms with Crippen molar-refractivity contribution in [2.45, 2.75) is 25.7 Å². The van der Waals surface area contributed by atoms with Gasteiger partial charge in [0.25, 0.3) is 5.91 Å². The van der Waals surface area contributed by atoms with Gasteiger partial charge in [-0.1, -0.05) is 49.4 Å². The summed E-state index contributed by atoms with van der Waals surface area (Å²) in [7, 11) is 2.38. The number of rotatable bonds is 5. The van der Waals surface area contributed by atoms with E-state index in [0.29, 0.717) is 24.6 Å². The number of nitrogens with two attached hydrogens (primary N) is 1. The maximum Gasteiger partial charge on any atom is 0.355 e. The summed E-state index contributed by atoms with van der Waals surface area (Å²) >= 11 is 0. The summed E-state index contributed by atoms with van der Waals surface area (Å²) in [5, 5.41) is 10.2. The van der Waals surface area contributed by atoms with Gasteiger partial charge in [-0.05, 0) is 36.5 Å². The molecule has 196 valence electrons. The maximum atomic E-state index is 13.7. The summed E-state index contributed by atoms with van der Waals surface area (Å²) in [6.45, 7) is 3.36. The predicted octanol–water partition coefficient (Wildman–Crippen LogP) is 3.46. The number of allylic oxidation sites excluding steroid dienone is 1. The summed E-state index contributed by atoms with van der Waals surface area (Å²) in [6.07, 6.45) is 1.77. The van der Waals surface area contributed by atoms with E-state index in [1.807, 2.05) is 0 Å². The van der Waals surface area contributed by atoms with Crippen molar-refractivity contribution in [2.75, 3.05) is 32.2 Å². The van der Waals surface area contributed by atoms with Gasteiger partial charge >= 0.3 is 11.9 Å². The van der Waals surface area contributed by atoms with Crippen LogP contribution in [-0.2, 0) is 19.1 Å². The second kappa shape index (κ2) is 11.2. The van der Waals surface area contributed by atoms with Gasteiger partial charge in [-0.15, -0.1) is 0 Å². The molecule has 0 aromatic heterocycles. The Hall–Kier alpha value is -4.58. The van der Waals surface area contributed by atoms with E-state index in [-0.39, 0.29) is 39.8 Å². The molecule has 1 unspecified atom stereocenters. The maximum absolute atomic E-state index is 13.7. The third kappa shape index (κ3) is 4.73. The SMILES string of the molecule is COC(=O)C1=C(C(=O)OC)N(c2ccccc2C(=O)N2CCC(C)CC2)C(N)=C(C#N)C1c1ccccc1. The van der Waals surface area contributed by atoms with Crippen LogP contribution in [0.3, 0.4) is 0 Å². The largest absolute Gasteiger partial charge is 0.466 e. The Morgan fingerprint density at radius 3 is 2.16 bits per heavy atom. The van der Waals surface area contributed by atoms with Gasteiger partial charge in [0, 0.05) is 13.1 Å². The number of methoxy groups -OCH3 is 2. The number of anilines is 1. The van der Waals surface area contributed by atoms with Crippen LogP contribution >= 0.6 is 0 Å². The number of amides is 1. The molecule has 0 saturated carbocycles. The molecular weight excluding hydrogens is 484 g/mol. The minimum absolute atomic E-state index is 0.0401. The Morgan fingerprint density at radius 1 is 0.947 bits per heavy atom. The third-order valence-electron chi connectivity index (χ3n) is 7.06. The number of carbonyl (C=O) groups excluding carboxylic acids is 3. The molecule has 2 aliphatic heterocycles. The molecule has 9 heteroatoms. The predicted molar refractivity (Wildman–Crippen MR) is 140 cm³/mol. The first kappa shape index (κ1) is 26.5. The highest BCUT2D eigenvalue weighted by molar-refractivity contribution is 6.08. The van der Waals surface area contributed by atoms with Crippen molar-refractivity contribution < 1.29 is 23.9 Å². The van der Waals surface area contributed by atoms with E-state index in [0.717, 1.165) is 12.8 Å². The molecule has 2 heterocycles. The van der Waals surface area contributed by atoms with Gasteiger partial charge in [-0.3, -0.25) is 9.69 Å². The van der Waals surface area contributed by atoms with Gasteiger partial charge in [0.1, 0.15) is 11.5 Å². The summed E-state index contributed by atoms with van der Waals surface area (Å²) in [6, 6.07) is 17.6. The monoisotopic (exact) mass is 514 g/mol. The summed E-state index contributed by atoms with van der Waals surface area (Å²) < 4.78 is 10.2. The van der Waals surface area contributed by atoms with E-state index in [4.69, 9.17) is 15.2 Å². The molecule has 1 amide bonds. The van der Waals surface area contributed by atoms with Gasteiger partial charge in [-0.2, -0.15) is 5.26 Å². The molecule has 2 aromatic carbocycles. The molecule has 0 bridgehead atoms. The van der Waals surface area contributed by atoms with Crippen molar-refractivity contribution in [1.82, 2.24) is 4.90 Å². The van der Waals surface area contributed by atoms with Crippen LogP contribution in [0.1, 0.15) is 41.6 Å². The van der Waals surface area contributed by atoms with Crippen molar-refractivity contribution in [1.29, 1.82) is 5.26 Å². The first-order chi connectivity index (χ1) is 18.3. The Balaban J connectivity index is 1.97. The highest BCUT2D eigenvalue weighted by atomic mass is 16.5. The fraction of sp³-hybridized carbons (Fsp3) is 0.310. The zero-order chi connectivity index (χ0) is 27.4. The smallest absolute Gasteiger partial charge is 0.355 e. The first-order valence-electron chi connectivity index (χ1n) is 12.4. The Kier molecular flexibility index (Phi) is 7.82. The van der Waals surface area contributed by atoms with E-state index in [9.17, 15) is 19.6 Å². The van der Waals surface area contributed by atoms with Crippen LogP contribution in [0.2, 0.25) is 0 Å². The number of benzene rings is 2. The normalized spacial score (nSPS) is 18.2. The van der Waals surface area contributed by atoms with Crippen LogP contribution in [0.5, 0.6) is 0 Å². The van der Waals surface area contributed by atoms with Gasteiger partial charge in [0.15, 0.2) is 0 Å². The van der Waals surface area contributed by atoms with Crippen molar-refractivity contribution in [3.05, 3.63) is 88.4 Å². The molecular formula is C29H30N4O5. The number of nitrogens with zero attached hydrogens (tertiary/aromatic N) is 3. The van der Waals surface area contributed by atoms with Crippen LogP contribution < -0.4 is 10.6 Å². The topological polar surface area (TPSA) is 126 Å². The third-order valence-corrected chi connectivity index (χ3v) is 7.06. The number of nitriles is 1. The summed E-state index contributed by atoms with van der Waals surface area (Å²) in [5.41, 5.74) is 7.45. The average Bonchev–Trinajstić information content (AvgIpc) is 2.96. The van der Waals surface area contributed by atoms with Crippen LogP contribution in [-0.4, -0.2) is 50.1 Å². The van der Waals surface area contributed by atoms with E-state index in [1.54, 1.807) is 59.5 Å². The quantitative estimate of drug-likeness (QED) is 0.602. The fourth-order valence-corrected chi connectivity index (χ4v) is 5.00. The lowest BCUT2D eigenvalue weighted by molar-refractivity contribution is -0.139. The van der Waals surface area contributed by atoms with E-state index < -0.39 is 17.9 Å². The number of likely N-dealkylation sites (tertiary alicyclic amines) is 1. The molecule has 4 rings (SSSR count). The van der Waals surface area contributed by atoms with Gasteiger partial charge < -0.3 is 20.1 Å². The van der Waals surface area contributed by atoms with Crippen LogP contribution in [0, 0.1) is 17.2 Å². The Bertz CT molecular complexity index is 1350. The summed E-state index contributed by atoms with van der Waals surface area (Å²) in [5.74, 6) is -2.45. The average molecular weight is 515 g/mol. The van der Waals surface area contributed by atoms with Crippen LogP contribution in [0.25, 0.3) is 0 Å². The Labute approximate surface area is 221 Å². The second-order valence-electron chi connectivity index (χ2n) is 9.33. The molecule has 2 aromatic rings. The minimum atomic E-state index is -0.981. The number of carbonyl (C=O) groups is 3. The number of esters is 2. The zero-order valence-electron chi connectivity index (χ0n) is 21.6. The molecule has 38 heavy (non-hydrogen) atoms. The van der Waals surface area contributed by atoms with Crippen molar-refractivity contribution >= 4 is 23.5 Å². The van der Waals surface area contributed by atoms with E-state index >= 15 is 0 Å². The number of piperidine rings is 1. The second-order valence-corrected chi connectivity index (χ2v) is 9.33. The zero-order valence-corrected chi connectivity index (χ0v) is 21.6. The standard InChI is InChI=1S/C29H30N4O5/c1-18-13-15-32(16-14-18)27(34)20-11-7-8-12-22(20)33-25(29(36)38-3)24(28(35)37-2)23(21(17-30)26(33)31)19-9-5-4-6-10-19/h4-12,18,23H,13-16,31H2,1-3H3. The molecule has 1 fully saturated rings. The van der Waals surface area contributed by atoms with Crippen LogP contribution in [0.4, 0.5) is 5.69 Å². The minimum Gasteiger partial charge on any atom is -0.466 e. The lowest BCUT2D eigenvalue weighted by atomic mass is 9.80. The van der Waals surface area contributed by atoms with Gasteiger partial charge in [0.2, 0.25) is 0 Å². The number of hydrogen-bond acceptors (Lipinski definition) is 8. The first-order valence-corrected chi connectivity index (χ1v) is 12.4. The Morgan fingerprint density at radius 2 is 1.55 bits per heavy atom. The highest BCUT2D eigenvalue weighted by Crippen LogP contribution is 2.44. The number of para-hydroxylation sites is 1. The van der Waals surface area contributed by atoms with Crippen LogP contribution in [0.15, 0.2) is 77.3 Å². The summed E-state index contributed by atoms with van der Waals surface area (Å²) in [4.78, 5) is 43.3. The molecule has 9 nitrogen and oxygen atoms in total. The fourth-order valence-electron chi connectivity index (χ4n) is 5.00. The van der Waals surface area contributed by atoms with Crippen molar-refractivity contribution in [2.24, 2.45) is 11.7 Å². The molecule has 2 aliphatic rings. The van der Waals surface area contributed by atoms with E-state index in [1.165, 1.54) is 19.1 Å². The van der Waals surface area contributed by atoms with Gasteiger partial charge in [0.05, 0.1) is 48.6 Å². The van der Waals surface area contributed by atoms with Crippen molar-refractivity contribution in [3.63, 3.8) is 0 Å². The molecule has 1 saturated heterocycles. The lowest BCUT2D eigenvalue weighted by Crippen LogP contribution is -2.42. The molecule has 2 N–H and O–H groups in total. The molecule has 1 atom stereocenters. The van der Waals surface area contributed by atoms with E-state index in [2.05, 4.69) is 13.0 Å². The molecule has 0 aliphatic carbocycles. The number of hydrogen-bond donors (Lipinski definition) is 1. The molecule has 0 spiro atoms.